The van der Waals surface area contributed by atoms with Gasteiger partial charge in [-0.1, -0.05) is 0 Å². The van der Waals surface area contributed by atoms with Crippen molar-refractivity contribution >= 4 is 6.09 Å². The lowest BCUT2D eigenvalue weighted by Crippen LogP contribution is -2.21. The average molecular weight is 147 g/mol. The van der Waals surface area contributed by atoms with Crippen molar-refractivity contribution in [1.29, 1.82) is 0 Å². The molecule has 0 atom stereocenters. The summed E-state index contributed by atoms with van der Waals surface area (Å²) in [6.07, 6.45) is 1.44. The van der Waals surface area contributed by atoms with Crippen molar-refractivity contribution in [2.24, 2.45) is 0 Å². The molecule has 0 unspecified atom stereocenters. The van der Waals surface area contributed by atoms with Gasteiger partial charge >= 0.3 is 6.09 Å². The molecule has 3 N–H and O–H groups in total. The predicted octanol–water partition coefficient (Wildman–Crippen LogP) is 0.417. The second-order valence-electron chi connectivity index (χ2n) is 2.02. The molecule has 1 amide bonds. The molecular weight excluding hydrogens is 134 g/mol. The summed E-state index contributed by atoms with van der Waals surface area (Å²) in [6.45, 7) is 0.669. The van der Waals surface area contributed by atoms with E-state index in [-0.39, 0.29) is 6.61 Å². The monoisotopic (exact) mass is 147 g/mol. The zero-order valence-electron chi connectivity index (χ0n) is 5.84. The van der Waals surface area contributed by atoms with Crippen molar-refractivity contribution in [2.45, 2.75) is 19.3 Å². The number of aliphatic hydroxyl groups is 1. The zero-order chi connectivity index (χ0) is 7.82. The first kappa shape index (κ1) is 9.23. The van der Waals surface area contributed by atoms with Crippen molar-refractivity contribution in [3.8, 4) is 0 Å². The van der Waals surface area contributed by atoms with E-state index in [2.05, 4.69) is 5.32 Å². The van der Waals surface area contributed by atoms with Gasteiger partial charge in [0.25, 0.3) is 0 Å². The van der Waals surface area contributed by atoms with E-state index in [9.17, 15) is 4.79 Å². The highest BCUT2D eigenvalue weighted by molar-refractivity contribution is 5.64. The van der Waals surface area contributed by atoms with Crippen LogP contribution in [0.4, 0.5) is 4.79 Å². The van der Waals surface area contributed by atoms with E-state index in [1.165, 1.54) is 0 Å². The van der Waals surface area contributed by atoms with Gasteiger partial charge in [0.05, 0.1) is 0 Å². The Balaban J connectivity index is 2.84. The number of hydrogen-bond donors (Lipinski definition) is 3. The second kappa shape index (κ2) is 6.35. The van der Waals surface area contributed by atoms with Crippen LogP contribution < -0.4 is 5.32 Å². The number of nitrogens with one attached hydrogen (secondary N) is 1. The van der Waals surface area contributed by atoms with Gasteiger partial charge < -0.3 is 15.5 Å². The highest BCUT2D eigenvalue weighted by Gasteiger charge is 1.91. The number of amides is 1. The molecule has 0 aliphatic carbocycles. The molecule has 10 heavy (non-hydrogen) atoms. The van der Waals surface area contributed by atoms with Crippen LogP contribution in [0.25, 0.3) is 0 Å². The normalized spacial score (nSPS) is 9.30. The van der Waals surface area contributed by atoms with Gasteiger partial charge in [0.15, 0.2) is 0 Å². The Kier molecular flexibility index (Phi) is 5.86. The highest BCUT2D eigenvalue weighted by atomic mass is 16.4. The Labute approximate surface area is 59.9 Å². The van der Waals surface area contributed by atoms with Gasteiger partial charge in [-0.2, -0.15) is 0 Å². The van der Waals surface area contributed by atoms with Crippen LogP contribution in [0.1, 0.15) is 19.3 Å². The number of rotatable bonds is 5. The van der Waals surface area contributed by atoms with E-state index in [4.69, 9.17) is 10.2 Å². The van der Waals surface area contributed by atoms with E-state index in [0.717, 1.165) is 19.3 Å². The van der Waals surface area contributed by atoms with E-state index in [1.807, 2.05) is 0 Å². The summed E-state index contributed by atoms with van der Waals surface area (Å²) in [7, 11) is 0. The maximum Gasteiger partial charge on any atom is 0.404 e. The molecule has 0 aliphatic heterocycles. The Morgan fingerprint density at radius 1 is 1.30 bits per heavy atom. The molecule has 60 valence electrons. The van der Waals surface area contributed by atoms with Crippen LogP contribution in [0.15, 0.2) is 0 Å². The summed E-state index contributed by atoms with van der Waals surface area (Å²) in [5.74, 6) is 0. The highest BCUT2D eigenvalue weighted by Crippen LogP contribution is 1.91. The van der Waals surface area contributed by atoms with E-state index < -0.39 is 6.09 Å². The lowest BCUT2D eigenvalue weighted by molar-refractivity contribution is 0.194. The molecule has 0 saturated carbocycles. The molecule has 0 rings (SSSR count). The summed E-state index contributed by atoms with van der Waals surface area (Å²) in [4.78, 5) is 9.87. The van der Waals surface area contributed by atoms with Crippen LogP contribution in [0, 0.1) is 0 Å². The average Bonchev–Trinajstić information content (AvgIpc) is 1.87. The number of carboxylic acid groups (broad SMARTS) is 1. The first-order valence-electron chi connectivity index (χ1n) is 3.35. The summed E-state index contributed by atoms with van der Waals surface area (Å²) >= 11 is 0. The van der Waals surface area contributed by atoms with Crippen molar-refractivity contribution in [2.75, 3.05) is 13.2 Å². The molecular formula is C6H13NO3. The third-order valence-electron chi connectivity index (χ3n) is 1.11. The van der Waals surface area contributed by atoms with E-state index >= 15 is 0 Å². The molecule has 0 bridgehead atoms. The van der Waals surface area contributed by atoms with Gasteiger partial charge in [-0.3, -0.25) is 0 Å². The van der Waals surface area contributed by atoms with Crippen LogP contribution in [-0.4, -0.2) is 29.5 Å². The van der Waals surface area contributed by atoms with Crippen molar-refractivity contribution < 1.29 is 15.0 Å². The minimum atomic E-state index is -0.982. The number of unbranched alkanes of at least 4 members (excludes halogenated alkanes) is 2. The second-order valence-corrected chi connectivity index (χ2v) is 2.02. The topological polar surface area (TPSA) is 69.6 Å². The minimum absolute atomic E-state index is 0.188. The fourth-order valence-electron chi connectivity index (χ4n) is 0.609. The van der Waals surface area contributed by atoms with Gasteiger partial charge in [-0.05, 0) is 19.3 Å². The third kappa shape index (κ3) is 7.23. The van der Waals surface area contributed by atoms with Gasteiger partial charge in [0.1, 0.15) is 0 Å². The number of hydrogen-bond acceptors (Lipinski definition) is 2. The van der Waals surface area contributed by atoms with Gasteiger partial charge in [0.2, 0.25) is 0 Å². The fraction of sp³-hybridized carbons (Fsp3) is 0.833. The molecule has 0 saturated heterocycles. The maximum atomic E-state index is 9.87. The molecule has 0 fully saturated rings. The summed E-state index contributed by atoms with van der Waals surface area (Å²) in [6, 6.07) is 0. The van der Waals surface area contributed by atoms with Crippen LogP contribution in [0.3, 0.4) is 0 Å². The van der Waals surface area contributed by atoms with Gasteiger partial charge in [-0.25, -0.2) is 4.79 Å². The molecule has 0 aromatic heterocycles. The Bertz CT molecular complexity index is 95.0. The van der Waals surface area contributed by atoms with Crippen LogP contribution >= 0.6 is 0 Å². The van der Waals surface area contributed by atoms with Crippen LogP contribution in [-0.2, 0) is 0 Å². The first-order chi connectivity index (χ1) is 4.77. The molecule has 0 aromatic carbocycles. The fourth-order valence-corrected chi connectivity index (χ4v) is 0.609. The van der Waals surface area contributed by atoms with Crippen LogP contribution in [0.2, 0.25) is 0 Å². The Morgan fingerprint density at radius 2 is 2.00 bits per heavy atom. The largest absolute Gasteiger partial charge is 0.465 e. The summed E-state index contributed by atoms with van der Waals surface area (Å²) in [5, 5.41) is 18.7. The SMILES string of the molecule is O=C(O)NCCCCCO. The van der Waals surface area contributed by atoms with Gasteiger partial charge in [-0.15, -0.1) is 0 Å². The summed E-state index contributed by atoms with van der Waals surface area (Å²) in [5.41, 5.74) is 0. The quantitative estimate of drug-likeness (QED) is 0.493. The summed E-state index contributed by atoms with van der Waals surface area (Å²) < 4.78 is 0. The maximum absolute atomic E-state index is 9.87. The standard InChI is InChI=1S/C6H13NO3/c8-5-3-1-2-4-7-6(9)10/h7-8H,1-5H2,(H,9,10). The zero-order valence-corrected chi connectivity index (χ0v) is 5.84. The predicted molar refractivity (Wildman–Crippen MR) is 37.0 cm³/mol. The first-order valence-corrected chi connectivity index (χ1v) is 3.35. The molecule has 0 aromatic rings. The lowest BCUT2D eigenvalue weighted by Gasteiger charge is -1.98. The Hall–Kier alpha value is -0.770. The third-order valence-corrected chi connectivity index (χ3v) is 1.11. The molecule has 0 heterocycles. The van der Waals surface area contributed by atoms with E-state index in [1.54, 1.807) is 0 Å². The molecule has 0 aliphatic rings. The van der Waals surface area contributed by atoms with Crippen LogP contribution in [0.5, 0.6) is 0 Å². The molecule has 4 heteroatoms. The number of aliphatic hydroxyl groups excluding tert-OH is 1. The number of carbonyl (C=O) groups is 1. The molecule has 0 radical (unpaired) electrons. The van der Waals surface area contributed by atoms with Crippen molar-refractivity contribution in [3.63, 3.8) is 0 Å². The minimum Gasteiger partial charge on any atom is -0.465 e. The molecule has 0 spiro atoms. The van der Waals surface area contributed by atoms with Gasteiger partial charge in [0, 0.05) is 13.2 Å². The van der Waals surface area contributed by atoms with Crippen molar-refractivity contribution in [3.05, 3.63) is 0 Å². The van der Waals surface area contributed by atoms with Crippen molar-refractivity contribution in [1.82, 2.24) is 5.32 Å². The molecule has 4 nitrogen and oxygen atoms in total. The smallest absolute Gasteiger partial charge is 0.404 e. The Morgan fingerprint density at radius 3 is 2.50 bits per heavy atom. The lowest BCUT2D eigenvalue weighted by atomic mass is 10.2. The van der Waals surface area contributed by atoms with E-state index in [0.29, 0.717) is 6.54 Å².